The van der Waals surface area contributed by atoms with Crippen molar-refractivity contribution in [1.29, 1.82) is 0 Å². The molecule has 0 aliphatic heterocycles. The van der Waals surface area contributed by atoms with Crippen LogP contribution in [-0.2, 0) is 0 Å². The van der Waals surface area contributed by atoms with Crippen LogP contribution in [0.4, 0.5) is 0 Å². The number of aryl methyl sites for hydroxylation is 1. The van der Waals surface area contributed by atoms with Gasteiger partial charge in [-0.25, -0.2) is 0 Å². The third kappa shape index (κ3) is 3.54. The fourth-order valence-corrected chi connectivity index (χ4v) is 2.53. The summed E-state index contributed by atoms with van der Waals surface area (Å²) in [6.45, 7) is 7.91. The summed E-state index contributed by atoms with van der Waals surface area (Å²) in [5, 5.41) is 0. The van der Waals surface area contributed by atoms with E-state index in [9.17, 15) is 0 Å². The van der Waals surface area contributed by atoms with E-state index in [0.717, 1.165) is 0 Å². The van der Waals surface area contributed by atoms with Crippen molar-refractivity contribution in [2.45, 2.75) is 26.7 Å². The van der Waals surface area contributed by atoms with Crippen LogP contribution in [0.3, 0.4) is 0 Å². The molecule has 0 amide bonds. The van der Waals surface area contributed by atoms with Gasteiger partial charge in [0.2, 0.25) is 0 Å². The Hall–Kier alpha value is -0.380. The Labute approximate surface area is 113 Å². The standard InChI is InChI=1S/C14H23BrN2/c1-9-4-5-12(6-14(9)15)10(2)11(3)13(7-16)8-17/h4-6,10-11,13H,7-8,16-17H2,1-3H3. The molecule has 96 valence electrons. The van der Waals surface area contributed by atoms with Gasteiger partial charge in [0.05, 0.1) is 0 Å². The van der Waals surface area contributed by atoms with E-state index in [4.69, 9.17) is 11.5 Å². The highest BCUT2D eigenvalue weighted by Gasteiger charge is 2.22. The molecular weight excluding hydrogens is 276 g/mol. The molecule has 0 saturated heterocycles. The molecule has 1 rings (SSSR count). The lowest BCUT2D eigenvalue weighted by atomic mass is 9.80. The van der Waals surface area contributed by atoms with Gasteiger partial charge in [-0.15, -0.1) is 0 Å². The highest BCUT2D eigenvalue weighted by Crippen LogP contribution is 2.31. The number of hydrogen-bond donors (Lipinski definition) is 2. The zero-order valence-corrected chi connectivity index (χ0v) is 12.5. The molecule has 1 aromatic carbocycles. The van der Waals surface area contributed by atoms with Crippen molar-refractivity contribution in [3.63, 3.8) is 0 Å². The van der Waals surface area contributed by atoms with Crippen molar-refractivity contribution < 1.29 is 0 Å². The van der Waals surface area contributed by atoms with E-state index in [-0.39, 0.29) is 0 Å². The van der Waals surface area contributed by atoms with Gasteiger partial charge in [-0.1, -0.05) is 41.9 Å². The van der Waals surface area contributed by atoms with E-state index in [1.54, 1.807) is 0 Å². The molecule has 0 bridgehead atoms. The van der Waals surface area contributed by atoms with Crippen LogP contribution < -0.4 is 11.5 Å². The van der Waals surface area contributed by atoms with E-state index < -0.39 is 0 Å². The van der Waals surface area contributed by atoms with Crippen LogP contribution in [0.25, 0.3) is 0 Å². The molecule has 0 spiro atoms. The van der Waals surface area contributed by atoms with E-state index in [0.29, 0.717) is 30.8 Å². The summed E-state index contributed by atoms with van der Waals surface area (Å²) in [6, 6.07) is 6.56. The third-order valence-electron chi connectivity index (χ3n) is 3.86. The first kappa shape index (κ1) is 14.7. The Morgan fingerprint density at radius 3 is 2.24 bits per heavy atom. The van der Waals surface area contributed by atoms with E-state index in [2.05, 4.69) is 54.9 Å². The summed E-state index contributed by atoms with van der Waals surface area (Å²) >= 11 is 3.59. The molecule has 0 fully saturated rings. The van der Waals surface area contributed by atoms with Gasteiger partial charge in [0.1, 0.15) is 0 Å². The van der Waals surface area contributed by atoms with Gasteiger partial charge in [0.15, 0.2) is 0 Å². The van der Waals surface area contributed by atoms with Crippen LogP contribution in [0.1, 0.15) is 30.9 Å². The smallest absolute Gasteiger partial charge is 0.0207 e. The second kappa shape index (κ2) is 6.53. The van der Waals surface area contributed by atoms with Gasteiger partial charge in [0.25, 0.3) is 0 Å². The van der Waals surface area contributed by atoms with Crippen molar-refractivity contribution in [3.8, 4) is 0 Å². The summed E-state index contributed by atoms with van der Waals surface area (Å²) in [5.41, 5.74) is 14.1. The molecule has 2 unspecified atom stereocenters. The van der Waals surface area contributed by atoms with E-state index in [1.807, 2.05) is 0 Å². The van der Waals surface area contributed by atoms with E-state index >= 15 is 0 Å². The quantitative estimate of drug-likeness (QED) is 0.878. The molecule has 0 radical (unpaired) electrons. The average Bonchev–Trinajstić information content (AvgIpc) is 2.33. The molecule has 0 aliphatic carbocycles. The maximum absolute atomic E-state index is 5.76. The third-order valence-corrected chi connectivity index (χ3v) is 4.71. The second-order valence-electron chi connectivity index (χ2n) is 4.89. The molecule has 1 aromatic rings. The fourth-order valence-electron chi connectivity index (χ4n) is 2.13. The zero-order valence-electron chi connectivity index (χ0n) is 10.9. The lowest BCUT2D eigenvalue weighted by Gasteiger charge is -2.27. The van der Waals surface area contributed by atoms with E-state index in [1.165, 1.54) is 15.6 Å². The summed E-state index contributed by atoms with van der Waals surface area (Å²) in [4.78, 5) is 0. The number of hydrogen-bond acceptors (Lipinski definition) is 2. The van der Waals surface area contributed by atoms with Gasteiger partial charge >= 0.3 is 0 Å². The van der Waals surface area contributed by atoms with Crippen molar-refractivity contribution in [2.24, 2.45) is 23.3 Å². The molecular formula is C14H23BrN2. The molecule has 0 aromatic heterocycles. The number of benzene rings is 1. The maximum Gasteiger partial charge on any atom is 0.0207 e. The molecule has 2 nitrogen and oxygen atoms in total. The van der Waals surface area contributed by atoms with Crippen LogP contribution in [0.5, 0.6) is 0 Å². The van der Waals surface area contributed by atoms with Crippen molar-refractivity contribution in [2.75, 3.05) is 13.1 Å². The first-order valence-corrected chi connectivity index (χ1v) is 6.96. The highest BCUT2D eigenvalue weighted by atomic mass is 79.9. The first-order valence-electron chi connectivity index (χ1n) is 6.17. The largest absolute Gasteiger partial charge is 0.330 e. The second-order valence-corrected chi connectivity index (χ2v) is 5.74. The molecule has 4 N–H and O–H groups in total. The average molecular weight is 299 g/mol. The Balaban J connectivity index is 2.87. The minimum atomic E-state index is 0.394. The number of nitrogens with two attached hydrogens (primary N) is 2. The minimum absolute atomic E-state index is 0.394. The Kier molecular flexibility index (Phi) is 5.63. The number of halogens is 1. The van der Waals surface area contributed by atoms with Gasteiger partial charge in [-0.2, -0.15) is 0 Å². The minimum Gasteiger partial charge on any atom is -0.330 e. The predicted molar refractivity (Wildman–Crippen MR) is 78.1 cm³/mol. The highest BCUT2D eigenvalue weighted by molar-refractivity contribution is 9.10. The molecule has 17 heavy (non-hydrogen) atoms. The summed E-state index contributed by atoms with van der Waals surface area (Å²) in [7, 11) is 0. The monoisotopic (exact) mass is 298 g/mol. The summed E-state index contributed by atoms with van der Waals surface area (Å²) in [6.07, 6.45) is 0. The van der Waals surface area contributed by atoms with Gasteiger partial charge in [0, 0.05) is 4.47 Å². The first-order chi connectivity index (χ1) is 8.01. The lowest BCUT2D eigenvalue weighted by molar-refractivity contribution is 0.328. The molecule has 2 atom stereocenters. The Morgan fingerprint density at radius 1 is 1.18 bits per heavy atom. The predicted octanol–water partition coefficient (Wildman–Crippen LogP) is 3.03. The zero-order chi connectivity index (χ0) is 13.0. The van der Waals surface area contributed by atoms with Gasteiger partial charge in [-0.3, -0.25) is 0 Å². The molecule has 0 saturated carbocycles. The topological polar surface area (TPSA) is 52.0 Å². The van der Waals surface area contributed by atoms with Gasteiger partial charge < -0.3 is 11.5 Å². The normalized spacial score (nSPS) is 15.0. The van der Waals surface area contributed by atoms with Crippen LogP contribution in [0.2, 0.25) is 0 Å². The van der Waals surface area contributed by atoms with Crippen molar-refractivity contribution in [1.82, 2.24) is 0 Å². The molecule has 3 heteroatoms. The lowest BCUT2D eigenvalue weighted by Crippen LogP contribution is -2.31. The SMILES string of the molecule is Cc1ccc(C(C)C(C)C(CN)CN)cc1Br. The van der Waals surface area contributed by atoms with Crippen LogP contribution in [0.15, 0.2) is 22.7 Å². The summed E-state index contributed by atoms with van der Waals surface area (Å²) < 4.78 is 1.17. The Bertz CT molecular complexity index is 361. The van der Waals surface area contributed by atoms with Gasteiger partial charge in [-0.05, 0) is 55.0 Å². The maximum atomic E-state index is 5.76. The van der Waals surface area contributed by atoms with Crippen LogP contribution >= 0.6 is 15.9 Å². The molecule has 0 heterocycles. The van der Waals surface area contributed by atoms with Crippen molar-refractivity contribution >= 4 is 15.9 Å². The molecule has 0 aliphatic rings. The van der Waals surface area contributed by atoms with Crippen LogP contribution in [0, 0.1) is 18.8 Å². The van der Waals surface area contributed by atoms with Crippen molar-refractivity contribution in [3.05, 3.63) is 33.8 Å². The van der Waals surface area contributed by atoms with Crippen LogP contribution in [-0.4, -0.2) is 13.1 Å². The summed E-state index contributed by atoms with van der Waals surface area (Å²) in [5.74, 6) is 1.37. The Morgan fingerprint density at radius 2 is 1.76 bits per heavy atom. The number of rotatable bonds is 5. The fraction of sp³-hybridized carbons (Fsp3) is 0.571.